The number of hydrogen-bond donors (Lipinski definition) is 0. The summed E-state index contributed by atoms with van der Waals surface area (Å²) in [4.78, 5) is 33.4. The van der Waals surface area contributed by atoms with Crippen LogP contribution in [0.3, 0.4) is 0 Å². The van der Waals surface area contributed by atoms with Gasteiger partial charge in [0.2, 0.25) is 5.25 Å². The van der Waals surface area contributed by atoms with E-state index >= 15 is 0 Å². The Bertz CT molecular complexity index is 488. The Hall–Kier alpha value is -2.09. The fourth-order valence-corrected chi connectivity index (χ4v) is 2.30. The molecule has 0 unspecified atom stereocenters. The smallest absolute Gasteiger partial charge is 0.330 e. The maximum atomic E-state index is 11.5. The molecule has 0 aliphatic heterocycles. The van der Waals surface area contributed by atoms with Crippen molar-refractivity contribution in [3.05, 3.63) is 34.4 Å². The molecule has 1 rings (SSSR count). The van der Waals surface area contributed by atoms with E-state index in [9.17, 15) is 19.7 Å². The van der Waals surface area contributed by atoms with Crippen LogP contribution in [0.5, 0.6) is 0 Å². The van der Waals surface area contributed by atoms with E-state index in [2.05, 4.69) is 9.47 Å². The fraction of sp³-hybridized carbons (Fsp3) is 0.273. The molecule has 0 atom stereocenters. The number of carbonyl (C=O) groups excluding carboxylic acids is 2. The van der Waals surface area contributed by atoms with Crippen LogP contribution >= 0.6 is 11.8 Å². The highest BCUT2D eigenvalue weighted by atomic mass is 32.2. The van der Waals surface area contributed by atoms with Crippen molar-refractivity contribution >= 4 is 29.4 Å². The van der Waals surface area contributed by atoms with Crippen molar-refractivity contribution in [1.82, 2.24) is 0 Å². The highest BCUT2D eigenvalue weighted by Gasteiger charge is 2.32. The lowest BCUT2D eigenvalue weighted by molar-refractivity contribution is -0.387. The molecule has 0 spiro atoms. The molecule has 0 saturated carbocycles. The van der Waals surface area contributed by atoms with Gasteiger partial charge in [-0.05, 0) is 6.07 Å². The Morgan fingerprint density at radius 3 is 2.21 bits per heavy atom. The van der Waals surface area contributed by atoms with Crippen molar-refractivity contribution in [2.75, 3.05) is 14.2 Å². The van der Waals surface area contributed by atoms with Gasteiger partial charge in [-0.1, -0.05) is 23.9 Å². The lowest BCUT2D eigenvalue weighted by Crippen LogP contribution is -2.29. The number of thioether (sulfide) groups is 1. The largest absolute Gasteiger partial charge is 0.468 e. The SMILES string of the molecule is COC(=O)C(Sc1ccccc1[N+](=O)[O-])C(=O)OC. The third-order valence-corrected chi connectivity index (χ3v) is 3.36. The predicted molar refractivity (Wildman–Crippen MR) is 66.8 cm³/mol. The van der Waals surface area contributed by atoms with E-state index in [0.29, 0.717) is 0 Å². The summed E-state index contributed by atoms with van der Waals surface area (Å²) in [5.74, 6) is -1.65. The van der Waals surface area contributed by atoms with Crippen LogP contribution in [-0.2, 0) is 19.1 Å². The molecule has 8 heteroatoms. The minimum atomic E-state index is -1.30. The van der Waals surface area contributed by atoms with Crippen LogP contribution in [0.25, 0.3) is 0 Å². The minimum Gasteiger partial charge on any atom is -0.468 e. The maximum absolute atomic E-state index is 11.5. The quantitative estimate of drug-likeness (QED) is 0.265. The van der Waals surface area contributed by atoms with Crippen molar-refractivity contribution in [2.24, 2.45) is 0 Å². The van der Waals surface area contributed by atoms with Crippen LogP contribution in [0.15, 0.2) is 29.2 Å². The standard InChI is InChI=1S/C11H11NO6S/c1-17-10(13)9(11(14)18-2)19-8-6-4-3-5-7(8)12(15)16/h3-6,9H,1-2H3. The molecular weight excluding hydrogens is 274 g/mol. The normalized spacial score (nSPS) is 10.1. The second-order valence-electron chi connectivity index (χ2n) is 3.27. The molecule has 1 aromatic rings. The number of carbonyl (C=O) groups is 2. The molecule has 0 saturated heterocycles. The summed E-state index contributed by atoms with van der Waals surface area (Å²) in [6.07, 6.45) is 0. The van der Waals surface area contributed by atoms with Gasteiger partial charge in [0.1, 0.15) is 0 Å². The summed E-state index contributed by atoms with van der Waals surface area (Å²) in [5, 5.41) is 9.55. The average molecular weight is 285 g/mol. The van der Waals surface area contributed by atoms with Gasteiger partial charge < -0.3 is 9.47 Å². The Morgan fingerprint density at radius 2 is 1.74 bits per heavy atom. The first-order valence-corrected chi connectivity index (χ1v) is 5.95. The van der Waals surface area contributed by atoms with Crippen molar-refractivity contribution in [2.45, 2.75) is 10.1 Å². The van der Waals surface area contributed by atoms with Gasteiger partial charge in [0, 0.05) is 6.07 Å². The topological polar surface area (TPSA) is 95.7 Å². The molecule has 102 valence electrons. The molecule has 1 aromatic carbocycles. The van der Waals surface area contributed by atoms with E-state index in [1.54, 1.807) is 6.07 Å². The number of esters is 2. The van der Waals surface area contributed by atoms with E-state index in [4.69, 9.17) is 0 Å². The molecular formula is C11H11NO6S. The maximum Gasteiger partial charge on any atom is 0.330 e. The van der Waals surface area contributed by atoms with Crippen molar-refractivity contribution < 1.29 is 24.0 Å². The third kappa shape index (κ3) is 3.68. The number of hydrogen-bond acceptors (Lipinski definition) is 7. The van der Waals surface area contributed by atoms with Gasteiger partial charge in [0.25, 0.3) is 5.69 Å². The zero-order chi connectivity index (χ0) is 14.4. The van der Waals surface area contributed by atoms with Crippen LogP contribution in [-0.4, -0.2) is 36.3 Å². The molecule has 0 aromatic heterocycles. The first kappa shape index (κ1) is 15.0. The molecule has 7 nitrogen and oxygen atoms in total. The number of methoxy groups -OCH3 is 2. The predicted octanol–water partition coefficient (Wildman–Crippen LogP) is 1.40. The summed E-state index contributed by atoms with van der Waals surface area (Å²) < 4.78 is 8.95. The monoisotopic (exact) mass is 285 g/mol. The van der Waals surface area contributed by atoms with E-state index < -0.39 is 22.1 Å². The van der Waals surface area contributed by atoms with E-state index in [1.165, 1.54) is 18.2 Å². The molecule has 0 bridgehead atoms. The number of ether oxygens (including phenoxy) is 2. The highest BCUT2D eigenvalue weighted by molar-refractivity contribution is 8.01. The Labute approximate surface area is 113 Å². The lowest BCUT2D eigenvalue weighted by atomic mass is 10.3. The van der Waals surface area contributed by atoms with Crippen molar-refractivity contribution in [1.29, 1.82) is 0 Å². The summed E-state index contributed by atoms with van der Waals surface area (Å²) >= 11 is 0.718. The van der Waals surface area contributed by atoms with Gasteiger partial charge in [-0.2, -0.15) is 0 Å². The summed E-state index contributed by atoms with van der Waals surface area (Å²) in [6.45, 7) is 0. The van der Waals surface area contributed by atoms with Gasteiger partial charge in [0.15, 0.2) is 0 Å². The number of nitrogens with zero attached hydrogens (tertiary/aromatic N) is 1. The molecule has 0 aliphatic carbocycles. The van der Waals surface area contributed by atoms with Crippen molar-refractivity contribution in [3.8, 4) is 0 Å². The number of para-hydroxylation sites is 1. The third-order valence-electron chi connectivity index (χ3n) is 2.14. The number of rotatable bonds is 5. The average Bonchev–Trinajstić information content (AvgIpc) is 2.43. The first-order chi connectivity index (χ1) is 9.01. The summed E-state index contributed by atoms with van der Waals surface area (Å²) in [7, 11) is 2.25. The minimum absolute atomic E-state index is 0.188. The number of nitro benzene ring substituents is 1. The Balaban J connectivity index is 3.06. The van der Waals surface area contributed by atoms with Crippen LogP contribution in [0.4, 0.5) is 5.69 Å². The number of nitro groups is 1. The van der Waals surface area contributed by atoms with E-state index in [0.717, 1.165) is 26.0 Å². The summed E-state index contributed by atoms with van der Waals surface area (Å²) in [6, 6.07) is 5.80. The van der Waals surface area contributed by atoms with Crippen LogP contribution < -0.4 is 0 Å². The van der Waals surface area contributed by atoms with Crippen LogP contribution in [0, 0.1) is 10.1 Å². The number of benzene rings is 1. The second-order valence-corrected chi connectivity index (χ2v) is 4.42. The Morgan fingerprint density at radius 1 is 1.21 bits per heavy atom. The van der Waals surface area contributed by atoms with Gasteiger partial charge in [-0.25, -0.2) is 0 Å². The molecule has 0 radical (unpaired) electrons. The van der Waals surface area contributed by atoms with Crippen molar-refractivity contribution in [3.63, 3.8) is 0 Å². The first-order valence-electron chi connectivity index (χ1n) is 5.07. The van der Waals surface area contributed by atoms with Gasteiger partial charge in [-0.15, -0.1) is 0 Å². The molecule has 0 fully saturated rings. The zero-order valence-corrected chi connectivity index (χ0v) is 11.0. The van der Waals surface area contributed by atoms with Crippen LogP contribution in [0.2, 0.25) is 0 Å². The van der Waals surface area contributed by atoms with E-state index in [-0.39, 0.29) is 10.6 Å². The summed E-state index contributed by atoms with van der Waals surface area (Å²) in [5.41, 5.74) is -0.190. The van der Waals surface area contributed by atoms with Crippen LogP contribution in [0.1, 0.15) is 0 Å². The fourth-order valence-electron chi connectivity index (χ4n) is 1.24. The molecule has 0 heterocycles. The van der Waals surface area contributed by atoms with Gasteiger partial charge >= 0.3 is 11.9 Å². The highest BCUT2D eigenvalue weighted by Crippen LogP contribution is 2.32. The molecule has 19 heavy (non-hydrogen) atoms. The molecule has 0 amide bonds. The second kappa shape index (κ2) is 6.74. The Kier molecular flexibility index (Phi) is 5.31. The van der Waals surface area contributed by atoms with E-state index in [1.807, 2.05) is 0 Å². The molecule has 0 N–H and O–H groups in total. The zero-order valence-electron chi connectivity index (χ0n) is 10.2. The van der Waals surface area contributed by atoms with Gasteiger partial charge in [0.05, 0.1) is 24.0 Å². The van der Waals surface area contributed by atoms with Gasteiger partial charge in [-0.3, -0.25) is 19.7 Å². The lowest BCUT2D eigenvalue weighted by Gasteiger charge is -2.11. The molecule has 0 aliphatic rings.